The number of rotatable bonds is 5. The number of nitrogens with one attached hydrogen (secondary N) is 1. The van der Waals surface area contributed by atoms with Crippen molar-refractivity contribution in [3.05, 3.63) is 59.4 Å². The topological polar surface area (TPSA) is 91.8 Å². The van der Waals surface area contributed by atoms with Crippen LogP contribution in [0.4, 0.5) is 0 Å². The molecule has 0 bridgehead atoms. The van der Waals surface area contributed by atoms with Crippen molar-refractivity contribution >= 4 is 17.7 Å². The van der Waals surface area contributed by atoms with Crippen molar-refractivity contribution < 1.29 is 19.1 Å². The molecule has 2 heterocycles. The number of ether oxygens (including phenoxy) is 1. The van der Waals surface area contributed by atoms with E-state index in [0.717, 1.165) is 11.3 Å². The highest BCUT2D eigenvalue weighted by atomic mass is 16.5. The molecule has 1 aliphatic rings. The molecule has 1 aromatic carbocycles. The van der Waals surface area contributed by atoms with Crippen LogP contribution in [0.2, 0.25) is 0 Å². The molecule has 8 nitrogen and oxygen atoms in total. The van der Waals surface area contributed by atoms with Crippen molar-refractivity contribution in [1.82, 2.24) is 20.1 Å². The lowest BCUT2D eigenvalue weighted by Gasteiger charge is -2.34. The van der Waals surface area contributed by atoms with Crippen LogP contribution in [0.1, 0.15) is 33.5 Å². The summed E-state index contributed by atoms with van der Waals surface area (Å²) in [5, 5.41) is 2.81. The Morgan fingerprint density at radius 1 is 0.966 bits per heavy atom. The van der Waals surface area contributed by atoms with Crippen molar-refractivity contribution in [2.75, 3.05) is 33.3 Å². The summed E-state index contributed by atoms with van der Waals surface area (Å²) < 4.78 is 5.11. The van der Waals surface area contributed by atoms with Gasteiger partial charge < -0.3 is 19.9 Å². The van der Waals surface area contributed by atoms with Gasteiger partial charge in [0.25, 0.3) is 11.8 Å². The summed E-state index contributed by atoms with van der Waals surface area (Å²) in [5.41, 5.74) is 1.33. The maximum absolute atomic E-state index is 12.7. The van der Waals surface area contributed by atoms with E-state index in [-0.39, 0.29) is 29.1 Å². The van der Waals surface area contributed by atoms with Crippen LogP contribution in [-0.4, -0.2) is 65.8 Å². The van der Waals surface area contributed by atoms with E-state index in [1.165, 1.54) is 6.92 Å². The Morgan fingerprint density at radius 3 is 2.21 bits per heavy atom. The maximum atomic E-state index is 12.7. The van der Waals surface area contributed by atoms with Crippen molar-refractivity contribution in [3.63, 3.8) is 0 Å². The van der Waals surface area contributed by atoms with E-state index in [2.05, 4.69) is 10.3 Å². The van der Waals surface area contributed by atoms with Gasteiger partial charge in [-0.15, -0.1) is 0 Å². The number of pyridine rings is 1. The van der Waals surface area contributed by atoms with Gasteiger partial charge in [-0.05, 0) is 29.8 Å². The van der Waals surface area contributed by atoms with Crippen LogP contribution in [-0.2, 0) is 11.3 Å². The molecule has 0 unspecified atom stereocenters. The molecule has 0 spiro atoms. The number of carbonyl (C=O) groups is 3. The molecule has 8 heteroatoms. The highest BCUT2D eigenvalue weighted by Gasteiger charge is 2.24. The largest absolute Gasteiger partial charge is 0.497 e. The first-order valence-electron chi connectivity index (χ1n) is 9.41. The molecule has 1 aromatic heterocycles. The third-order valence-corrected chi connectivity index (χ3v) is 4.83. The molecule has 152 valence electrons. The van der Waals surface area contributed by atoms with E-state index < -0.39 is 0 Å². The lowest BCUT2D eigenvalue weighted by atomic mass is 10.2. The second-order valence-corrected chi connectivity index (χ2v) is 6.74. The minimum Gasteiger partial charge on any atom is -0.497 e. The SMILES string of the molecule is COc1ccc(CNC(=O)c2cccc(C(=O)N3CCN(C(C)=O)CC3)n2)cc1. The number of aromatic nitrogens is 1. The van der Waals surface area contributed by atoms with Crippen molar-refractivity contribution in [2.24, 2.45) is 0 Å². The molecule has 2 aromatic rings. The Bertz CT molecular complexity index is 890. The zero-order chi connectivity index (χ0) is 20.8. The Balaban J connectivity index is 1.60. The highest BCUT2D eigenvalue weighted by Crippen LogP contribution is 2.12. The zero-order valence-corrected chi connectivity index (χ0v) is 16.6. The lowest BCUT2D eigenvalue weighted by Crippen LogP contribution is -2.50. The Kier molecular flexibility index (Phi) is 6.43. The van der Waals surface area contributed by atoms with Crippen LogP contribution in [0.25, 0.3) is 0 Å². The van der Waals surface area contributed by atoms with Gasteiger partial charge in [0.1, 0.15) is 17.1 Å². The Morgan fingerprint density at radius 2 is 1.59 bits per heavy atom. The van der Waals surface area contributed by atoms with Crippen LogP contribution in [0.5, 0.6) is 5.75 Å². The fourth-order valence-corrected chi connectivity index (χ4v) is 3.08. The molecule has 0 radical (unpaired) electrons. The van der Waals surface area contributed by atoms with Gasteiger partial charge in [0, 0.05) is 39.6 Å². The van der Waals surface area contributed by atoms with Crippen LogP contribution in [0, 0.1) is 0 Å². The van der Waals surface area contributed by atoms with E-state index >= 15 is 0 Å². The molecule has 0 aliphatic carbocycles. The van der Waals surface area contributed by atoms with Crippen molar-refractivity contribution in [3.8, 4) is 5.75 Å². The highest BCUT2D eigenvalue weighted by molar-refractivity contribution is 5.96. The van der Waals surface area contributed by atoms with Gasteiger partial charge in [0.05, 0.1) is 7.11 Å². The van der Waals surface area contributed by atoms with Crippen LogP contribution < -0.4 is 10.1 Å². The van der Waals surface area contributed by atoms with E-state index in [9.17, 15) is 14.4 Å². The quantitative estimate of drug-likeness (QED) is 0.823. The number of benzene rings is 1. The minimum absolute atomic E-state index is 0.00533. The molecule has 1 N–H and O–H groups in total. The number of hydrogen-bond donors (Lipinski definition) is 1. The van der Waals surface area contributed by atoms with Gasteiger partial charge in [-0.3, -0.25) is 14.4 Å². The molecule has 0 atom stereocenters. The summed E-state index contributed by atoms with van der Waals surface area (Å²) in [7, 11) is 1.60. The molecule has 0 saturated carbocycles. The van der Waals surface area contributed by atoms with E-state index in [1.54, 1.807) is 35.1 Å². The second kappa shape index (κ2) is 9.18. The molecule has 3 amide bonds. The van der Waals surface area contributed by atoms with E-state index in [4.69, 9.17) is 4.74 Å². The number of methoxy groups -OCH3 is 1. The first kappa shape index (κ1) is 20.3. The van der Waals surface area contributed by atoms with Gasteiger partial charge in [0.15, 0.2) is 0 Å². The third kappa shape index (κ3) is 5.10. The average molecular weight is 396 g/mol. The van der Waals surface area contributed by atoms with Crippen LogP contribution >= 0.6 is 0 Å². The van der Waals surface area contributed by atoms with E-state index in [1.807, 2.05) is 24.3 Å². The number of carbonyl (C=O) groups excluding carboxylic acids is 3. The molecule has 1 fully saturated rings. The predicted octanol–water partition coefficient (Wildman–Crippen LogP) is 1.32. The molecular weight excluding hydrogens is 372 g/mol. The Labute approximate surface area is 169 Å². The van der Waals surface area contributed by atoms with Crippen molar-refractivity contribution in [1.29, 1.82) is 0 Å². The first-order valence-corrected chi connectivity index (χ1v) is 9.41. The number of amides is 3. The molecular formula is C21H24N4O4. The number of piperazine rings is 1. The average Bonchev–Trinajstić information content (AvgIpc) is 2.77. The lowest BCUT2D eigenvalue weighted by molar-refractivity contribution is -0.130. The standard InChI is InChI=1S/C21H24N4O4/c1-15(26)24-10-12-25(13-11-24)21(28)19-5-3-4-18(23-19)20(27)22-14-16-6-8-17(29-2)9-7-16/h3-9H,10-14H2,1-2H3,(H,22,27). The van der Waals surface area contributed by atoms with Gasteiger partial charge in [-0.2, -0.15) is 0 Å². The van der Waals surface area contributed by atoms with Crippen molar-refractivity contribution in [2.45, 2.75) is 13.5 Å². The summed E-state index contributed by atoms with van der Waals surface area (Å²) in [6.45, 7) is 3.77. The molecule has 29 heavy (non-hydrogen) atoms. The van der Waals surface area contributed by atoms with Crippen LogP contribution in [0.15, 0.2) is 42.5 Å². The van der Waals surface area contributed by atoms with Gasteiger partial charge >= 0.3 is 0 Å². The Hall–Kier alpha value is -3.42. The molecule has 1 aliphatic heterocycles. The monoisotopic (exact) mass is 396 g/mol. The molecule has 1 saturated heterocycles. The zero-order valence-electron chi connectivity index (χ0n) is 16.6. The second-order valence-electron chi connectivity index (χ2n) is 6.74. The number of nitrogens with zero attached hydrogens (tertiary/aromatic N) is 3. The maximum Gasteiger partial charge on any atom is 0.272 e. The fraction of sp³-hybridized carbons (Fsp3) is 0.333. The summed E-state index contributed by atoms with van der Waals surface area (Å²) in [5.74, 6) is 0.165. The van der Waals surface area contributed by atoms with Gasteiger partial charge in [-0.25, -0.2) is 4.98 Å². The molecule has 3 rings (SSSR count). The van der Waals surface area contributed by atoms with Gasteiger partial charge in [-0.1, -0.05) is 18.2 Å². The van der Waals surface area contributed by atoms with E-state index in [0.29, 0.717) is 32.7 Å². The summed E-state index contributed by atoms with van der Waals surface area (Å²) in [6.07, 6.45) is 0. The van der Waals surface area contributed by atoms with Gasteiger partial charge in [0.2, 0.25) is 5.91 Å². The summed E-state index contributed by atoms with van der Waals surface area (Å²) in [6, 6.07) is 12.2. The predicted molar refractivity (Wildman–Crippen MR) is 107 cm³/mol. The smallest absolute Gasteiger partial charge is 0.272 e. The minimum atomic E-state index is -0.350. The fourth-order valence-electron chi connectivity index (χ4n) is 3.08. The normalized spacial score (nSPS) is 13.7. The first-order chi connectivity index (χ1) is 14.0. The summed E-state index contributed by atoms with van der Waals surface area (Å²) >= 11 is 0. The number of hydrogen-bond acceptors (Lipinski definition) is 5. The summed E-state index contributed by atoms with van der Waals surface area (Å²) in [4.78, 5) is 44.2. The van der Waals surface area contributed by atoms with Crippen LogP contribution in [0.3, 0.4) is 0 Å². The third-order valence-electron chi connectivity index (χ3n) is 4.83.